The zero-order valence-corrected chi connectivity index (χ0v) is 12.6. The van der Waals surface area contributed by atoms with Crippen LogP contribution in [-0.4, -0.2) is 53.8 Å². The zero-order valence-electron chi connectivity index (χ0n) is 11.9. The number of hydrogen-bond acceptors (Lipinski definition) is 4. The van der Waals surface area contributed by atoms with Gasteiger partial charge >= 0.3 is 0 Å². The van der Waals surface area contributed by atoms with E-state index in [-0.39, 0.29) is 34.8 Å². The number of amides is 2. The minimum atomic E-state index is -0.316. The fourth-order valence-corrected chi connectivity index (χ4v) is 1.78. The number of nitrogens with zero attached hydrogens (tertiary/aromatic N) is 3. The maximum atomic E-state index is 12.5. The molecule has 110 valence electrons. The molecule has 0 aliphatic carbocycles. The van der Waals surface area contributed by atoms with Gasteiger partial charge in [0.15, 0.2) is 0 Å². The Hall–Kier alpha value is -1.82. The van der Waals surface area contributed by atoms with Crippen LogP contribution in [0.5, 0.6) is 0 Å². The summed E-state index contributed by atoms with van der Waals surface area (Å²) >= 11 is 5.79. The number of aromatic nitrogens is 1. The number of hydrogen-bond donors (Lipinski definition) is 1. The fraction of sp³-hybridized carbons (Fsp3) is 0.462. The van der Waals surface area contributed by atoms with Gasteiger partial charge in [0.1, 0.15) is 11.7 Å². The minimum Gasteiger partial charge on any atom is -0.397 e. The van der Waals surface area contributed by atoms with Crippen LogP contribution in [0.1, 0.15) is 23.7 Å². The lowest BCUT2D eigenvalue weighted by atomic mass is 10.2. The van der Waals surface area contributed by atoms with Gasteiger partial charge in [0.2, 0.25) is 5.91 Å². The first-order chi connectivity index (χ1) is 9.36. The average Bonchev–Trinajstić information content (AvgIpc) is 2.40. The molecule has 0 fully saturated rings. The molecule has 0 atom stereocenters. The van der Waals surface area contributed by atoms with Crippen LogP contribution in [-0.2, 0) is 4.79 Å². The SMILES string of the molecule is CCCN(CC(=O)N(C)C)C(=O)c1cc(Cl)ncc1N. The molecule has 2 N–H and O–H groups in total. The Morgan fingerprint density at radius 3 is 2.60 bits per heavy atom. The quantitative estimate of drug-likeness (QED) is 0.830. The Kier molecular flexibility index (Phi) is 5.76. The summed E-state index contributed by atoms with van der Waals surface area (Å²) in [4.78, 5) is 30.9. The number of carbonyl (C=O) groups excluding carboxylic acids is 2. The van der Waals surface area contributed by atoms with Gasteiger partial charge in [-0.1, -0.05) is 18.5 Å². The molecule has 0 saturated carbocycles. The highest BCUT2D eigenvalue weighted by Gasteiger charge is 2.21. The third-order valence-corrected chi connectivity index (χ3v) is 2.94. The lowest BCUT2D eigenvalue weighted by Crippen LogP contribution is -2.41. The molecule has 0 aliphatic heterocycles. The molecule has 6 nitrogen and oxygen atoms in total. The highest BCUT2D eigenvalue weighted by Crippen LogP contribution is 2.17. The Labute approximate surface area is 123 Å². The van der Waals surface area contributed by atoms with Crippen molar-refractivity contribution in [3.63, 3.8) is 0 Å². The molecule has 0 unspecified atom stereocenters. The first-order valence-corrected chi connectivity index (χ1v) is 6.65. The second-order valence-electron chi connectivity index (χ2n) is 4.61. The summed E-state index contributed by atoms with van der Waals surface area (Å²) in [7, 11) is 3.29. The molecular formula is C13H19ClN4O2. The van der Waals surface area contributed by atoms with E-state index in [0.29, 0.717) is 6.54 Å². The van der Waals surface area contributed by atoms with Gasteiger partial charge in [0.25, 0.3) is 5.91 Å². The van der Waals surface area contributed by atoms with Gasteiger partial charge in [-0.05, 0) is 12.5 Å². The zero-order chi connectivity index (χ0) is 15.3. The van der Waals surface area contributed by atoms with Crippen molar-refractivity contribution in [2.45, 2.75) is 13.3 Å². The summed E-state index contributed by atoms with van der Waals surface area (Å²) in [6.45, 7) is 2.42. The predicted molar refractivity (Wildman–Crippen MR) is 78.5 cm³/mol. The van der Waals surface area contributed by atoms with Crippen LogP contribution in [0.3, 0.4) is 0 Å². The Bertz CT molecular complexity index is 505. The normalized spacial score (nSPS) is 10.2. The second kappa shape index (κ2) is 7.09. The maximum Gasteiger partial charge on any atom is 0.256 e. The minimum absolute atomic E-state index is 0.0130. The molecular weight excluding hydrogens is 280 g/mol. The molecule has 0 spiro atoms. The number of anilines is 1. The molecule has 7 heteroatoms. The van der Waals surface area contributed by atoms with Crippen molar-refractivity contribution in [2.75, 3.05) is 32.9 Å². The summed E-state index contributed by atoms with van der Waals surface area (Å²) in [5.74, 6) is -0.464. The van der Waals surface area contributed by atoms with Crippen molar-refractivity contribution in [3.05, 3.63) is 23.0 Å². The molecule has 0 aromatic carbocycles. The Balaban J connectivity index is 2.99. The number of pyridine rings is 1. The smallest absolute Gasteiger partial charge is 0.256 e. The fourth-order valence-electron chi connectivity index (χ4n) is 1.62. The van der Waals surface area contributed by atoms with Crippen LogP contribution in [0.15, 0.2) is 12.3 Å². The molecule has 20 heavy (non-hydrogen) atoms. The van der Waals surface area contributed by atoms with E-state index in [1.54, 1.807) is 14.1 Å². The first kappa shape index (κ1) is 16.2. The van der Waals surface area contributed by atoms with E-state index in [0.717, 1.165) is 6.42 Å². The van der Waals surface area contributed by atoms with E-state index in [2.05, 4.69) is 4.98 Å². The van der Waals surface area contributed by atoms with Crippen molar-refractivity contribution in [1.29, 1.82) is 0 Å². The highest BCUT2D eigenvalue weighted by molar-refractivity contribution is 6.29. The number of carbonyl (C=O) groups is 2. The van der Waals surface area contributed by atoms with Gasteiger partial charge in [-0.25, -0.2) is 4.98 Å². The van der Waals surface area contributed by atoms with Crippen LogP contribution >= 0.6 is 11.6 Å². The van der Waals surface area contributed by atoms with E-state index >= 15 is 0 Å². The Morgan fingerprint density at radius 1 is 1.40 bits per heavy atom. The van der Waals surface area contributed by atoms with Gasteiger partial charge in [-0.3, -0.25) is 9.59 Å². The predicted octanol–water partition coefficient (Wildman–Crippen LogP) is 1.26. The van der Waals surface area contributed by atoms with Gasteiger partial charge in [-0.2, -0.15) is 0 Å². The number of likely N-dealkylation sites (N-methyl/N-ethyl adjacent to an activating group) is 1. The van der Waals surface area contributed by atoms with Crippen LogP contribution < -0.4 is 5.73 Å². The van der Waals surface area contributed by atoms with Crippen molar-refractivity contribution < 1.29 is 9.59 Å². The molecule has 1 heterocycles. The van der Waals surface area contributed by atoms with Crippen molar-refractivity contribution in [1.82, 2.24) is 14.8 Å². The largest absolute Gasteiger partial charge is 0.397 e. The lowest BCUT2D eigenvalue weighted by Gasteiger charge is -2.24. The van der Waals surface area contributed by atoms with E-state index in [4.69, 9.17) is 17.3 Å². The van der Waals surface area contributed by atoms with Gasteiger partial charge in [0, 0.05) is 20.6 Å². The molecule has 1 aromatic heterocycles. The monoisotopic (exact) mass is 298 g/mol. The van der Waals surface area contributed by atoms with Crippen LogP contribution in [0.2, 0.25) is 5.15 Å². The van der Waals surface area contributed by atoms with Crippen LogP contribution in [0, 0.1) is 0 Å². The maximum absolute atomic E-state index is 12.5. The van der Waals surface area contributed by atoms with Crippen LogP contribution in [0.25, 0.3) is 0 Å². The van der Waals surface area contributed by atoms with Crippen molar-refractivity contribution >= 4 is 29.1 Å². The standard InChI is InChI=1S/C13H19ClN4O2/c1-4-5-18(8-12(19)17(2)3)13(20)9-6-11(14)16-7-10(9)15/h6-7H,4-5,8,15H2,1-3H3. The summed E-state index contributed by atoms with van der Waals surface area (Å²) in [6.07, 6.45) is 2.08. The summed E-state index contributed by atoms with van der Waals surface area (Å²) in [5, 5.41) is 0.193. The van der Waals surface area contributed by atoms with E-state index in [9.17, 15) is 9.59 Å². The molecule has 0 radical (unpaired) electrons. The van der Waals surface area contributed by atoms with E-state index < -0.39 is 0 Å². The molecule has 1 rings (SSSR count). The average molecular weight is 299 g/mol. The molecule has 0 saturated heterocycles. The molecule has 0 aliphatic rings. The third-order valence-electron chi connectivity index (χ3n) is 2.74. The van der Waals surface area contributed by atoms with Gasteiger partial charge in [0.05, 0.1) is 17.4 Å². The number of halogens is 1. The Morgan fingerprint density at radius 2 is 2.05 bits per heavy atom. The summed E-state index contributed by atoms with van der Waals surface area (Å²) < 4.78 is 0. The van der Waals surface area contributed by atoms with Crippen molar-refractivity contribution in [2.24, 2.45) is 0 Å². The molecule has 1 aromatic rings. The third kappa shape index (κ3) is 4.09. The van der Waals surface area contributed by atoms with Crippen LogP contribution in [0.4, 0.5) is 5.69 Å². The highest BCUT2D eigenvalue weighted by atomic mass is 35.5. The second-order valence-corrected chi connectivity index (χ2v) is 5.00. The molecule has 2 amide bonds. The summed E-state index contributed by atoms with van der Waals surface area (Å²) in [6, 6.07) is 1.42. The van der Waals surface area contributed by atoms with Gasteiger partial charge < -0.3 is 15.5 Å². The van der Waals surface area contributed by atoms with Gasteiger partial charge in [-0.15, -0.1) is 0 Å². The molecule has 0 bridgehead atoms. The number of rotatable bonds is 5. The number of nitrogens with two attached hydrogens (primary N) is 1. The topological polar surface area (TPSA) is 79.5 Å². The first-order valence-electron chi connectivity index (χ1n) is 6.27. The number of nitrogen functional groups attached to an aromatic ring is 1. The lowest BCUT2D eigenvalue weighted by molar-refractivity contribution is -0.129. The van der Waals surface area contributed by atoms with Crippen molar-refractivity contribution in [3.8, 4) is 0 Å². The van der Waals surface area contributed by atoms with E-state index in [1.807, 2.05) is 6.92 Å². The van der Waals surface area contributed by atoms with E-state index in [1.165, 1.54) is 22.1 Å². The summed E-state index contributed by atoms with van der Waals surface area (Å²) in [5.41, 5.74) is 6.27.